The van der Waals surface area contributed by atoms with Crippen molar-refractivity contribution in [3.63, 3.8) is 0 Å². The number of para-hydroxylation sites is 2. The quantitative estimate of drug-likeness (QED) is 0.491. The molecular weight excluding hydrogens is 274 g/mol. The second-order valence-electron chi connectivity index (χ2n) is 5.54. The lowest BCUT2D eigenvalue weighted by atomic mass is 10.1. The van der Waals surface area contributed by atoms with Gasteiger partial charge in [0.2, 0.25) is 0 Å². The van der Waals surface area contributed by atoms with Gasteiger partial charge in [0, 0.05) is 42.1 Å². The first kappa shape index (κ1) is 12.8. The maximum atomic E-state index is 11.5. The fourth-order valence-corrected chi connectivity index (χ4v) is 3.30. The van der Waals surface area contributed by atoms with E-state index in [1.165, 1.54) is 0 Å². The van der Waals surface area contributed by atoms with Gasteiger partial charge in [0.1, 0.15) is 5.69 Å². The van der Waals surface area contributed by atoms with Crippen LogP contribution in [0.2, 0.25) is 0 Å². The molecule has 0 aliphatic rings. The van der Waals surface area contributed by atoms with Crippen LogP contribution >= 0.6 is 0 Å². The molecule has 0 amide bonds. The van der Waals surface area contributed by atoms with E-state index < -0.39 is 0 Å². The molecule has 4 rings (SSSR count). The van der Waals surface area contributed by atoms with Gasteiger partial charge in [0.25, 0.3) is 0 Å². The standard InChI is InChI=1S/C18H15N3O/c1-20-11-14(12-7-3-5-9-15(12)20)18-17(19-22)13-8-4-6-10-16(13)21(18)2/h3-11H,1-2H3. The van der Waals surface area contributed by atoms with Gasteiger partial charge in [-0.25, -0.2) is 0 Å². The first-order valence-electron chi connectivity index (χ1n) is 7.17. The van der Waals surface area contributed by atoms with E-state index in [0.29, 0.717) is 5.69 Å². The third-order valence-corrected chi connectivity index (χ3v) is 4.32. The van der Waals surface area contributed by atoms with Crippen LogP contribution in [0, 0.1) is 4.91 Å². The highest BCUT2D eigenvalue weighted by Gasteiger charge is 2.20. The summed E-state index contributed by atoms with van der Waals surface area (Å²) in [5.74, 6) is 0. The minimum atomic E-state index is 0.509. The number of aryl methyl sites for hydroxylation is 2. The normalized spacial score (nSPS) is 11.4. The minimum absolute atomic E-state index is 0.509. The highest BCUT2D eigenvalue weighted by atomic mass is 16.3. The Bertz CT molecular complexity index is 1020. The first-order valence-corrected chi connectivity index (χ1v) is 7.17. The molecule has 0 unspecified atom stereocenters. The molecule has 0 aliphatic heterocycles. The van der Waals surface area contributed by atoms with Crippen LogP contribution in [0.4, 0.5) is 5.69 Å². The van der Waals surface area contributed by atoms with Crippen LogP contribution in [0.15, 0.2) is 59.9 Å². The highest BCUT2D eigenvalue weighted by molar-refractivity contribution is 6.06. The van der Waals surface area contributed by atoms with Crippen LogP contribution in [0.5, 0.6) is 0 Å². The molecule has 108 valence electrons. The van der Waals surface area contributed by atoms with E-state index in [9.17, 15) is 4.91 Å². The number of benzene rings is 2. The molecule has 4 aromatic rings. The fraction of sp³-hybridized carbons (Fsp3) is 0.111. The van der Waals surface area contributed by atoms with Gasteiger partial charge in [0.15, 0.2) is 0 Å². The summed E-state index contributed by atoms with van der Waals surface area (Å²) in [5.41, 5.74) is 4.56. The summed E-state index contributed by atoms with van der Waals surface area (Å²) in [5, 5.41) is 5.35. The van der Waals surface area contributed by atoms with Gasteiger partial charge in [-0.1, -0.05) is 36.4 Å². The van der Waals surface area contributed by atoms with Gasteiger partial charge >= 0.3 is 0 Å². The van der Waals surface area contributed by atoms with Crippen molar-refractivity contribution < 1.29 is 0 Å². The van der Waals surface area contributed by atoms with Gasteiger partial charge in [-0.2, -0.15) is 0 Å². The molecule has 2 aromatic carbocycles. The topological polar surface area (TPSA) is 39.3 Å². The van der Waals surface area contributed by atoms with Crippen LogP contribution < -0.4 is 0 Å². The molecule has 22 heavy (non-hydrogen) atoms. The van der Waals surface area contributed by atoms with Gasteiger partial charge in [-0.15, -0.1) is 4.91 Å². The Kier molecular flexibility index (Phi) is 2.66. The number of hydrogen-bond acceptors (Lipinski definition) is 2. The van der Waals surface area contributed by atoms with E-state index in [4.69, 9.17) is 0 Å². The Balaban J connectivity index is 2.17. The smallest absolute Gasteiger partial charge is 0.141 e. The summed E-state index contributed by atoms with van der Waals surface area (Å²) in [6.45, 7) is 0. The summed E-state index contributed by atoms with van der Waals surface area (Å²) in [6.07, 6.45) is 2.06. The number of nitroso groups, excluding NO2 is 1. The predicted octanol–water partition coefficient (Wildman–Crippen LogP) is 4.73. The maximum Gasteiger partial charge on any atom is 0.141 e. The van der Waals surface area contributed by atoms with Crippen molar-refractivity contribution in [2.24, 2.45) is 19.3 Å². The van der Waals surface area contributed by atoms with E-state index in [1.54, 1.807) is 0 Å². The lowest BCUT2D eigenvalue weighted by molar-refractivity contribution is 0.956. The zero-order valence-electron chi connectivity index (χ0n) is 12.4. The molecule has 0 N–H and O–H groups in total. The third kappa shape index (κ3) is 1.58. The van der Waals surface area contributed by atoms with Gasteiger partial charge in [-0.3, -0.25) is 0 Å². The van der Waals surface area contributed by atoms with Crippen LogP contribution in [-0.4, -0.2) is 9.13 Å². The average molecular weight is 289 g/mol. The lowest BCUT2D eigenvalue weighted by Gasteiger charge is -2.03. The summed E-state index contributed by atoms with van der Waals surface area (Å²) in [4.78, 5) is 11.5. The Labute approximate surface area is 127 Å². The molecule has 0 atom stereocenters. The Morgan fingerprint density at radius 3 is 2.23 bits per heavy atom. The highest BCUT2D eigenvalue weighted by Crippen LogP contribution is 2.42. The van der Waals surface area contributed by atoms with Gasteiger partial charge < -0.3 is 9.13 Å². The van der Waals surface area contributed by atoms with Gasteiger partial charge in [-0.05, 0) is 17.3 Å². The Morgan fingerprint density at radius 1 is 0.864 bits per heavy atom. The molecular formula is C18H15N3O. The summed E-state index contributed by atoms with van der Waals surface area (Å²) in [7, 11) is 4.00. The molecule has 0 aliphatic carbocycles. The van der Waals surface area contributed by atoms with Crippen molar-refractivity contribution in [1.29, 1.82) is 0 Å². The molecule has 0 fully saturated rings. The second-order valence-corrected chi connectivity index (χ2v) is 5.54. The van der Waals surface area contributed by atoms with E-state index in [1.807, 2.05) is 55.1 Å². The van der Waals surface area contributed by atoms with Crippen molar-refractivity contribution in [1.82, 2.24) is 9.13 Å². The summed E-state index contributed by atoms with van der Waals surface area (Å²) < 4.78 is 4.13. The minimum Gasteiger partial charge on any atom is -0.350 e. The van der Waals surface area contributed by atoms with Crippen molar-refractivity contribution in [2.45, 2.75) is 0 Å². The number of rotatable bonds is 2. The fourth-order valence-electron chi connectivity index (χ4n) is 3.30. The zero-order chi connectivity index (χ0) is 15.3. The second kappa shape index (κ2) is 4.56. The van der Waals surface area contributed by atoms with Crippen LogP contribution in [0.3, 0.4) is 0 Å². The van der Waals surface area contributed by atoms with E-state index in [2.05, 4.69) is 28.1 Å². The first-order chi connectivity index (χ1) is 10.7. The van der Waals surface area contributed by atoms with Crippen molar-refractivity contribution in [3.8, 4) is 11.3 Å². The zero-order valence-corrected chi connectivity index (χ0v) is 12.4. The molecule has 0 bridgehead atoms. The molecule has 0 radical (unpaired) electrons. The molecule has 2 aromatic heterocycles. The Morgan fingerprint density at radius 2 is 1.50 bits per heavy atom. The number of nitrogens with zero attached hydrogens (tertiary/aromatic N) is 3. The third-order valence-electron chi connectivity index (χ3n) is 4.32. The number of hydrogen-bond donors (Lipinski definition) is 0. The predicted molar refractivity (Wildman–Crippen MR) is 90.3 cm³/mol. The van der Waals surface area contributed by atoms with Crippen LogP contribution in [-0.2, 0) is 14.1 Å². The van der Waals surface area contributed by atoms with Crippen molar-refractivity contribution >= 4 is 27.5 Å². The average Bonchev–Trinajstić information content (AvgIpc) is 3.03. The monoisotopic (exact) mass is 289 g/mol. The van der Waals surface area contributed by atoms with Crippen LogP contribution in [0.25, 0.3) is 33.1 Å². The molecule has 4 nitrogen and oxygen atoms in total. The van der Waals surface area contributed by atoms with E-state index in [-0.39, 0.29) is 0 Å². The summed E-state index contributed by atoms with van der Waals surface area (Å²) >= 11 is 0. The SMILES string of the molecule is Cn1cc(-c2c(N=O)c3ccccc3n2C)c2ccccc21. The number of aromatic nitrogens is 2. The lowest BCUT2D eigenvalue weighted by Crippen LogP contribution is -1.90. The molecule has 2 heterocycles. The van der Waals surface area contributed by atoms with Crippen LogP contribution in [0.1, 0.15) is 0 Å². The largest absolute Gasteiger partial charge is 0.350 e. The summed E-state index contributed by atoms with van der Waals surface area (Å²) in [6, 6.07) is 16.1. The molecule has 4 heteroatoms. The molecule has 0 spiro atoms. The number of fused-ring (bicyclic) bond motifs is 2. The Hall–Kier alpha value is -2.88. The molecule has 0 saturated heterocycles. The maximum absolute atomic E-state index is 11.5. The van der Waals surface area contributed by atoms with E-state index >= 15 is 0 Å². The van der Waals surface area contributed by atoms with E-state index in [0.717, 1.165) is 33.1 Å². The van der Waals surface area contributed by atoms with Crippen molar-refractivity contribution in [2.75, 3.05) is 0 Å². The van der Waals surface area contributed by atoms with Gasteiger partial charge in [0.05, 0.1) is 11.2 Å². The van der Waals surface area contributed by atoms with Crippen molar-refractivity contribution in [3.05, 3.63) is 59.6 Å². The molecule has 0 saturated carbocycles.